The second-order valence-electron chi connectivity index (χ2n) is 7.05. The molecule has 1 aliphatic rings. The molecule has 0 bridgehead atoms. The molecule has 0 saturated carbocycles. The Bertz CT molecular complexity index is 1130. The van der Waals surface area contributed by atoms with Crippen LogP contribution in [-0.2, 0) is 11.2 Å². The summed E-state index contributed by atoms with van der Waals surface area (Å²) in [4.78, 5) is 12.4. The molecule has 7 nitrogen and oxygen atoms in total. The van der Waals surface area contributed by atoms with E-state index in [2.05, 4.69) is 10.4 Å². The molecule has 4 rings (SSSR count). The van der Waals surface area contributed by atoms with Crippen molar-refractivity contribution in [2.45, 2.75) is 20.3 Å². The highest BCUT2D eigenvalue weighted by molar-refractivity contribution is 6.42. The number of aryl methyl sites for hydroxylation is 1. The molecule has 0 fully saturated rings. The van der Waals surface area contributed by atoms with Gasteiger partial charge in [0.2, 0.25) is 12.7 Å². The molecule has 1 amide bonds. The van der Waals surface area contributed by atoms with Crippen LogP contribution in [0.2, 0.25) is 10.0 Å². The molecule has 0 unspecified atom stereocenters. The second kappa shape index (κ2) is 9.08. The Hall–Kier alpha value is -2.90. The number of nitrogens with one attached hydrogen (secondary N) is 1. The van der Waals surface area contributed by atoms with E-state index in [0.717, 1.165) is 22.6 Å². The maximum Gasteiger partial charge on any atom is 0.231 e. The van der Waals surface area contributed by atoms with Crippen molar-refractivity contribution in [1.29, 1.82) is 0 Å². The van der Waals surface area contributed by atoms with Gasteiger partial charge in [-0.15, -0.1) is 0 Å². The molecule has 0 atom stereocenters. The first-order chi connectivity index (χ1) is 14.9. The molecule has 9 heteroatoms. The smallest absolute Gasteiger partial charge is 0.231 e. The van der Waals surface area contributed by atoms with E-state index in [-0.39, 0.29) is 19.1 Å². The summed E-state index contributed by atoms with van der Waals surface area (Å²) >= 11 is 12.1. The number of carbonyl (C=O) groups excluding carboxylic acids is 1. The number of halogens is 2. The SMILES string of the molecule is Cc1nn(-c2ccc(Cl)c(Cl)c2)c(C)c1CC(=O)NCCOc1ccc2c(c1)OCO2. The van der Waals surface area contributed by atoms with Crippen molar-refractivity contribution in [3.8, 4) is 22.9 Å². The highest BCUT2D eigenvalue weighted by Crippen LogP contribution is 2.35. The van der Waals surface area contributed by atoms with Crippen molar-refractivity contribution in [3.63, 3.8) is 0 Å². The number of ether oxygens (including phenoxy) is 3. The third-order valence-corrected chi connectivity index (χ3v) is 5.70. The van der Waals surface area contributed by atoms with Crippen LogP contribution in [0, 0.1) is 13.8 Å². The number of hydrogen-bond donors (Lipinski definition) is 1. The lowest BCUT2D eigenvalue weighted by Crippen LogP contribution is -2.29. The van der Waals surface area contributed by atoms with Gasteiger partial charge < -0.3 is 19.5 Å². The zero-order chi connectivity index (χ0) is 22.0. The lowest BCUT2D eigenvalue weighted by molar-refractivity contribution is -0.120. The minimum absolute atomic E-state index is 0.103. The first-order valence-electron chi connectivity index (χ1n) is 9.72. The van der Waals surface area contributed by atoms with Gasteiger partial charge in [-0.2, -0.15) is 5.10 Å². The molecule has 2 aromatic carbocycles. The summed E-state index contributed by atoms with van der Waals surface area (Å²) in [5.74, 6) is 1.92. The molecule has 1 aliphatic heterocycles. The fourth-order valence-electron chi connectivity index (χ4n) is 3.35. The molecule has 0 aliphatic carbocycles. The van der Waals surface area contributed by atoms with Gasteiger partial charge >= 0.3 is 0 Å². The molecule has 3 aromatic rings. The quantitative estimate of drug-likeness (QED) is 0.531. The second-order valence-corrected chi connectivity index (χ2v) is 7.86. The average molecular weight is 462 g/mol. The van der Waals surface area contributed by atoms with Crippen LogP contribution in [0.25, 0.3) is 5.69 Å². The summed E-state index contributed by atoms with van der Waals surface area (Å²) < 4.78 is 18.0. The molecule has 0 saturated heterocycles. The van der Waals surface area contributed by atoms with Crippen LogP contribution in [0.3, 0.4) is 0 Å². The zero-order valence-corrected chi connectivity index (χ0v) is 18.6. The van der Waals surface area contributed by atoms with Crippen molar-refractivity contribution >= 4 is 29.1 Å². The van der Waals surface area contributed by atoms with Crippen LogP contribution in [0.15, 0.2) is 36.4 Å². The van der Waals surface area contributed by atoms with Gasteiger partial charge in [0.1, 0.15) is 12.4 Å². The molecule has 2 heterocycles. The van der Waals surface area contributed by atoms with Crippen molar-refractivity contribution in [1.82, 2.24) is 15.1 Å². The summed E-state index contributed by atoms with van der Waals surface area (Å²) in [6.45, 7) is 4.74. The first kappa shape index (κ1) is 21.3. The third-order valence-electron chi connectivity index (χ3n) is 4.96. The monoisotopic (exact) mass is 461 g/mol. The predicted molar refractivity (Wildman–Crippen MR) is 118 cm³/mol. The normalized spacial score (nSPS) is 12.1. The summed E-state index contributed by atoms with van der Waals surface area (Å²) in [5, 5.41) is 8.37. The van der Waals surface area contributed by atoms with Crippen LogP contribution in [0.5, 0.6) is 17.2 Å². The zero-order valence-electron chi connectivity index (χ0n) is 17.1. The van der Waals surface area contributed by atoms with Gasteiger partial charge in [0.25, 0.3) is 0 Å². The van der Waals surface area contributed by atoms with Gasteiger partial charge in [-0.05, 0) is 44.2 Å². The minimum Gasteiger partial charge on any atom is -0.492 e. The van der Waals surface area contributed by atoms with E-state index in [1.165, 1.54) is 0 Å². The van der Waals surface area contributed by atoms with Gasteiger partial charge in [-0.25, -0.2) is 4.68 Å². The number of aromatic nitrogens is 2. The molecule has 31 heavy (non-hydrogen) atoms. The highest BCUT2D eigenvalue weighted by Gasteiger charge is 2.17. The maximum atomic E-state index is 12.4. The third kappa shape index (κ3) is 4.73. The molecule has 1 N–H and O–H groups in total. The Kier molecular flexibility index (Phi) is 6.25. The van der Waals surface area contributed by atoms with E-state index in [1.807, 2.05) is 19.9 Å². The summed E-state index contributed by atoms with van der Waals surface area (Å²) in [6, 6.07) is 10.7. The van der Waals surface area contributed by atoms with Crippen LogP contribution in [0.1, 0.15) is 17.0 Å². The fraction of sp³-hybridized carbons (Fsp3) is 0.273. The maximum absolute atomic E-state index is 12.4. The average Bonchev–Trinajstić information content (AvgIpc) is 3.32. The Morgan fingerprint density at radius 2 is 1.94 bits per heavy atom. The molecule has 1 aromatic heterocycles. The van der Waals surface area contributed by atoms with Crippen molar-refractivity contribution in [2.75, 3.05) is 19.9 Å². The standard InChI is InChI=1S/C22H21Cl2N3O4/c1-13-17(14(2)27(26-13)15-3-5-18(23)19(24)9-15)11-22(28)25-7-8-29-16-4-6-20-21(10-16)31-12-30-20/h3-6,9-10H,7-8,11-12H2,1-2H3,(H,25,28). The largest absolute Gasteiger partial charge is 0.492 e. The first-order valence-corrected chi connectivity index (χ1v) is 10.5. The number of carbonyl (C=O) groups is 1. The van der Waals surface area contributed by atoms with Crippen molar-refractivity contribution < 1.29 is 19.0 Å². The minimum atomic E-state index is -0.103. The lowest BCUT2D eigenvalue weighted by atomic mass is 10.1. The highest BCUT2D eigenvalue weighted by atomic mass is 35.5. The van der Waals surface area contributed by atoms with Crippen LogP contribution in [0.4, 0.5) is 0 Å². The van der Waals surface area contributed by atoms with Crippen LogP contribution in [-0.4, -0.2) is 35.6 Å². The van der Waals surface area contributed by atoms with Gasteiger partial charge in [0, 0.05) is 17.3 Å². The molecule has 0 spiro atoms. The number of fused-ring (bicyclic) bond motifs is 1. The summed E-state index contributed by atoms with van der Waals surface area (Å²) in [7, 11) is 0. The van der Waals surface area contributed by atoms with E-state index < -0.39 is 0 Å². The lowest BCUT2D eigenvalue weighted by Gasteiger charge is -2.09. The Morgan fingerprint density at radius 1 is 1.13 bits per heavy atom. The number of rotatable bonds is 7. The predicted octanol–water partition coefficient (Wildman–Crippen LogP) is 4.26. The van der Waals surface area contributed by atoms with Crippen LogP contribution >= 0.6 is 23.2 Å². The molecular weight excluding hydrogens is 441 g/mol. The van der Waals surface area contributed by atoms with E-state index >= 15 is 0 Å². The fourth-order valence-corrected chi connectivity index (χ4v) is 3.64. The molecular formula is C22H21Cl2N3O4. The molecule has 0 radical (unpaired) electrons. The Morgan fingerprint density at radius 3 is 2.74 bits per heavy atom. The number of benzene rings is 2. The van der Waals surface area contributed by atoms with Gasteiger partial charge in [0.05, 0.1) is 34.4 Å². The van der Waals surface area contributed by atoms with Crippen LogP contribution < -0.4 is 19.5 Å². The number of amides is 1. The van der Waals surface area contributed by atoms with Gasteiger partial charge in [-0.1, -0.05) is 23.2 Å². The van der Waals surface area contributed by atoms with Gasteiger partial charge in [-0.3, -0.25) is 4.79 Å². The topological polar surface area (TPSA) is 74.6 Å². The van der Waals surface area contributed by atoms with Gasteiger partial charge in [0.15, 0.2) is 11.5 Å². The van der Waals surface area contributed by atoms with E-state index in [0.29, 0.717) is 40.4 Å². The van der Waals surface area contributed by atoms with E-state index in [4.69, 9.17) is 37.4 Å². The van der Waals surface area contributed by atoms with E-state index in [9.17, 15) is 4.79 Å². The molecule has 162 valence electrons. The van der Waals surface area contributed by atoms with Crippen molar-refractivity contribution in [3.05, 3.63) is 63.4 Å². The number of nitrogens with zero attached hydrogens (tertiary/aromatic N) is 2. The van der Waals surface area contributed by atoms with Crippen molar-refractivity contribution in [2.24, 2.45) is 0 Å². The van der Waals surface area contributed by atoms with E-state index in [1.54, 1.807) is 35.0 Å². The summed E-state index contributed by atoms with van der Waals surface area (Å²) in [6.07, 6.45) is 0.225. The Labute approximate surface area is 189 Å². The summed E-state index contributed by atoms with van der Waals surface area (Å²) in [5.41, 5.74) is 3.33. The number of hydrogen-bond acceptors (Lipinski definition) is 5. The Balaban J connectivity index is 1.32.